The predicted octanol–water partition coefficient (Wildman–Crippen LogP) is 2.53. The molecule has 1 aliphatic heterocycles. The molecule has 100 valence electrons. The minimum Gasteiger partial charge on any atom is -0.508 e. The molecule has 18 heavy (non-hydrogen) atoms. The molecule has 0 aromatic heterocycles. The number of hydrogen-bond acceptors (Lipinski definition) is 3. The summed E-state index contributed by atoms with van der Waals surface area (Å²) >= 11 is 0. The van der Waals surface area contributed by atoms with Gasteiger partial charge in [0.1, 0.15) is 5.75 Å². The molecule has 0 aliphatic carbocycles. The topological polar surface area (TPSA) is 35.5 Å². The molecule has 3 heteroatoms. The van der Waals surface area contributed by atoms with Crippen molar-refractivity contribution in [1.82, 2.24) is 5.32 Å². The zero-order valence-electron chi connectivity index (χ0n) is 11.6. The lowest BCUT2D eigenvalue weighted by molar-refractivity contribution is 0.465. The molecule has 0 amide bonds. The average molecular weight is 248 g/mol. The van der Waals surface area contributed by atoms with Crippen LogP contribution in [-0.2, 0) is 6.42 Å². The van der Waals surface area contributed by atoms with Gasteiger partial charge in [-0.2, -0.15) is 0 Å². The van der Waals surface area contributed by atoms with Crippen LogP contribution < -0.4 is 10.2 Å². The van der Waals surface area contributed by atoms with Gasteiger partial charge in [-0.25, -0.2) is 0 Å². The molecule has 0 fully saturated rings. The van der Waals surface area contributed by atoms with E-state index in [1.54, 1.807) is 6.07 Å². The maximum absolute atomic E-state index is 9.98. The highest BCUT2D eigenvalue weighted by Gasteiger charge is 2.31. The van der Waals surface area contributed by atoms with E-state index >= 15 is 0 Å². The molecule has 0 spiro atoms. The smallest absolute Gasteiger partial charge is 0.120 e. The van der Waals surface area contributed by atoms with Crippen LogP contribution in [0.1, 0.15) is 32.3 Å². The standard InChI is InChI=1S/C15H24N2O/c1-11(2)17-12(6-5-9-16-3)10-13-14(17)7-4-8-15(13)18/h4,7-8,11-12,16,18H,5-6,9-10H2,1-3H3. The predicted molar refractivity (Wildman–Crippen MR) is 76.4 cm³/mol. The summed E-state index contributed by atoms with van der Waals surface area (Å²) in [7, 11) is 2.00. The third-order valence-electron chi connectivity index (χ3n) is 3.76. The quantitative estimate of drug-likeness (QED) is 0.786. The first kappa shape index (κ1) is 13.2. The fourth-order valence-corrected chi connectivity index (χ4v) is 3.00. The summed E-state index contributed by atoms with van der Waals surface area (Å²) in [6.07, 6.45) is 3.33. The summed E-state index contributed by atoms with van der Waals surface area (Å²) in [5.41, 5.74) is 2.35. The zero-order valence-corrected chi connectivity index (χ0v) is 11.6. The number of phenols is 1. The minimum absolute atomic E-state index is 0.453. The van der Waals surface area contributed by atoms with Crippen LogP contribution in [0.4, 0.5) is 5.69 Å². The fraction of sp³-hybridized carbons (Fsp3) is 0.600. The second kappa shape index (κ2) is 5.61. The lowest BCUT2D eigenvalue weighted by Gasteiger charge is -2.31. The van der Waals surface area contributed by atoms with Crippen molar-refractivity contribution in [2.24, 2.45) is 0 Å². The number of rotatable bonds is 5. The van der Waals surface area contributed by atoms with Gasteiger partial charge >= 0.3 is 0 Å². The van der Waals surface area contributed by atoms with Gasteiger partial charge in [-0.15, -0.1) is 0 Å². The lowest BCUT2D eigenvalue weighted by Crippen LogP contribution is -2.38. The summed E-state index contributed by atoms with van der Waals surface area (Å²) < 4.78 is 0. The van der Waals surface area contributed by atoms with E-state index in [0.29, 0.717) is 17.8 Å². The van der Waals surface area contributed by atoms with Crippen LogP contribution in [0.3, 0.4) is 0 Å². The molecule has 2 rings (SSSR count). The molecular weight excluding hydrogens is 224 g/mol. The van der Waals surface area contributed by atoms with Crippen LogP contribution in [0.25, 0.3) is 0 Å². The Morgan fingerprint density at radius 2 is 2.22 bits per heavy atom. The summed E-state index contributed by atoms with van der Waals surface area (Å²) in [6, 6.07) is 6.88. The van der Waals surface area contributed by atoms with E-state index in [0.717, 1.165) is 18.5 Å². The Hall–Kier alpha value is -1.22. The molecule has 1 aromatic rings. The number of anilines is 1. The molecule has 0 saturated carbocycles. The van der Waals surface area contributed by atoms with Crippen LogP contribution >= 0.6 is 0 Å². The molecule has 1 heterocycles. The molecule has 2 N–H and O–H groups in total. The first-order valence-corrected chi connectivity index (χ1v) is 6.89. The van der Waals surface area contributed by atoms with Gasteiger partial charge in [-0.05, 0) is 58.8 Å². The van der Waals surface area contributed by atoms with Gasteiger partial charge in [0, 0.05) is 23.3 Å². The second-order valence-electron chi connectivity index (χ2n) is 5.38. The third-order valence-corrected chi connectivity index (χ3v) is 3.76. The molecule has 0 bridgehead atoms. The molecular formula is C15H24N2O. The second-order valence-corrected chi connectivity index (χ2v) is 5.38. The van der Waals surface area contributed by atoms with Crippen molar-refractivity contribution in [2.45, 2.75) is 45.2 Å². The molecule has 1 unspecified atom stereocenters. The molecule has 3 nitrogen and oxygen atoms in total. The van der Waals surface area contributed by atoms with Crippen LogP contribution in [-0.4, -0.2) is 30.8 Å². The molecule has 1 aliphatic rings. The van der Waals surface area contributed by atoms with E-state index in [-0.39, 0.29) is 0 Å². The summed E-state index contributed by atoms with van der Waals surface area (Å²) in [4.78, 5) is 2.46. The number of nitrogens with zero attached hydrogens (tertiary/aromatic N) is 1. The van der Waals surface area contributed by atoms with Crippen molar-refractivity contribution in [3.63, 3.8) is 0 Å². The number of fused-ring (bicyclic) bond motifs is 1. The Morgan fingerprint density at radius 3 is 2.89 bits per heavy atom. The lowest BCUT2D eigenvalue weighted by atomic mass is 10.0. The Kier molecular flexibility index (Phi) is 4.12. The van der Waals surface area contributed by atoms with Crippen molar-refractivity contribution >= 4 is 5.69 Å². The maximum Gasteiger partial charge on any atom is 0.120 e. The fourth-order valence-electron chi connectivity index (χ4n) is 3.00. The molecule has 1 aromatic carbocycles. The van der Waals surface area contributed by atoms with Gasteiger partial charge in [0.2, 0.25) is 0 Å². The number of aromatic hydroxyl groups is 1. The van der Waals surface area contributed by atoms with E-state index in [1.807, 2.05) is 13.1 Å². The zero-order chi connectivity index (χ0) is 13.1. The number of benzene rings is 1. The monoisotopic (exact) mass is 248 g/mol. The van der Waals surface area contributed by atoms with Crippen molar-refractivity contribution in [3.05, 3.63) is 23.8 Å². The molecule has 1 atom stereocenters. The van der Waals surface area contributed by atoms with Crippen LogP contribution in [0.15, 0.2) is 18.2 Å². The number of hydrogen-bond donors (Lipinski definition) is 2. The van der Waals surface area contributed by atoms with Gasteiger partial charge in [-0.1, -0.05) is 6.07 Å². The Balaban J connectivity index is 2.18. The molecule has 0 radical (unpaired) electrons. The highest BCUT2D eigenvalue weighted by Crippen LogP contribution is 2.39. The summed E-state index contributed by atoms with van der Waals surface area (Å²) in [5.74, 6) is 0.453. The van der Waals surface area contributed by atoms with Crippen molar-refractivity contribution in [1.29, 1.82) is 0 Å². The van der Waals surface area contributed by atoms with Gasteiger partial charge in [0.05, 0.1) is 0 Å². The number of nitrogens with one attached hydrogen (secondary N) is 1. The van der Waals surface area contributed by atoms with E-state index in [1.165, 1.54) is 18.5 Å². The van der Waals surface area contributed by atoms with Gasteiger partial charge < -0.3 is 15.3 Å². The van der Waals surface area contributed by atoms with Crippen molar-refractivity contribution in [2.75, 3.05) is 18.5 Å². The minimum atomic E-state index is 0.453. The highest BCUT2D eigenvalue weighted by atomic mass is 16.3. The average Bonchev–Trinajstić information content (AvgIpc) is 2.69. The third kappa shape index (κ3) is 2.46. The van der Waals surface area contributed by atoms with Crippen LogP contribution in [0.5, 0.6) is 5.75 Å². The van der Waals surface area contributed by atoms with E-state index in [2.05, 4.69) is 30.1 Å². The van der Waals surface area contributed by atoms with Crippen molar-refractivity contribution in [3.8, 4) is 5.75 Å². The van der Waals surface area contributed by atoms with Gasteiger partial charge in [-0.3, -0.25) is 0 Å². The largest absolute Gasteiger partial charge is 0.508 e. The first-order chi connectivity index (χ1) is 8.65. The van der Waals surface area contributed by atoms with E-state index < -0.39 is 0 Å². The van der Waals surface area contributed by atoms with Gasteiger partial charge in [0.25, 0.3) is 0 Å². The van der Waals surface area contributed by atoms with Gasteiger partial charge in [0.15, 0.2) is 0 Å². The first-order valence-electron chi connectivity index (χ1n) is 6.89. The highest BCUT2D eigenvalue weighted by molar-refractivity contribution is 5.64. The van der Waals surface area contributed by atoms with E-state index in [4.69, 9.17) is 0 Å². The Labute approximate surface area is 110 Å². The van der Waals surface area contributed by atoms with Crippen LogP contribution in [0.2, 0.25) is 0 Å². The summed E-state index contributed by atoms with van der Waals surface area (Å²) in [5, 5.41) is 13.2. The SMILES string of the molecule is CNCCCC1Cc2c(O)cccc2N1C(C)C. The summed E-state index contributed by atoms with van der Waals surface area (Å²) in [6.45, 7) is 5.51. The Bertz CT molecular complexity index is 403. The van der Waals surface area contributed by atoms with Crippen molar-refractivity contribution < 1.29 is 5.11 Å². The Morgan fingerprint density at radius 1 is 1.44 bits per heavy atom. The van der Waals surface area contributed by atoms with Crippen LogP contribution in [0, 0.1) is 0 Å². The maximum atomic E-state index is 9.98. The van der Waals surface area contributed by atoms with E-state index in [9.17, 15) is 5.11 Å². The normalized spacial score (nSPS) is 18.4. The number of phenolic OH excluding ortho intramolecular Hbond substituents is 1. The molecule has 0 saturated heterocycles.